The monoisotopic (exact) mass is 1310 g/mol. The lowest BCUT2D eigenvalue weighted by atomic mass is 10.0. The Hall–Kier alpha value is -7.09. The van der Waals surface area contributed by atoms with Crippen LogP contribution in [0.1, 0.15) is 214 Å². The molecule has 13 atom stereocenters. The third-order valence-corrected chi connectivity index (χ3v) is 15.6. The zero-order valence-electron chi connectivity index (χ0n) is 54.5. The summed E-state index contributed by atoms with van der Waals surface area (Å²) in [5, 5.41) is 76.6. The molecule has 0 aromatic heterocycles. The highest BCUT2D eigenvalue weighted by atomic mass is 16.3. The van der Waals surface area contributed by atoms with Gasteiger partial charge in [-0.15, -0.1) is 0 Å². The quantitative estimate of drug-likeness (QED) is 0.0289. The van der Waals surface area contributed by atoms with Gasteiger partial charge in [0.15, 0.2) is 0 Å². The predicted octanol–water partition coefficient (Wildman–Crippen LogP) is -2.61. The number of carbonyl (C=O) groups is 13. The lowest BCUT2D eigenvalue weighted by Crippen LogP contribution is -2.63. The largest absolute Gasteiger partial charge is 0.393 e. The number of hydrogen-bond donors (Lipinski definition) is 18. The molecule has 1 aliphatic rings. The normalized spacial score (nSPS) is 23.5. The van der Waals surface area contributed by atoms with E-state index in [9.17, 15) is 87.9 Å². The summed E-state index contributed by atoms with van der Waals surface area (Å²) < 4.78 is 0. The average Bonchev–Trinajstić information content (AvgIpc) is 0.939. The summed E-state index contributed by atoms with van der Waals surface area (Å²) in [6, 6.07) is -14.4. The minimum Gasteiger partial charge on any atom is -0.393 e. The first-order valence-electron chi connectivity index (χ1n) is 32.7. The molecule has 31 heteroatoms. The first kappa shape index (κ1) is 82.9. The molecule has 1 fully saturated rings. The second-order valence-corrected chi connectivity index (χ2v) is 24.1. The van der Waals surface area contributed by atoms with E-state index in [0.717, 1.165) is 97.8 Å². The molecule has 0 spiro atoms. The SMILES string of the molecule is CCCCCCCCCCCC(O)CCC1NC(=O)[C@H]([C@@H](C)O)NC(=O)[C@@H]([C@@H](C)O)NC(=O)C(CC(O)C(N)=O)NC(=O)[C@@H](C)NC(=O)[C@H](CC(N)=O)NC(=O)C(CC(N)=O)NC(=O)C(CCCCCCCC(O)CCCCCC)NC(=O)CCNC(=O)CNC1=O. The zero-order chi connectivity index (χ0) is 69.3. The summed E-state index contributed by atoms with van der Waals surface area (Å²) in [5.74, 6) is -14.9. The van der Waals surface area contributed by atoms with Gasteiger partial charge in [0.25, 0.3) is 0 Å². The van der Waals surface area contributed by atoms with Crippen LogP contribution in [0.25, 0.3) is 0 Å². The highest BCUT2D eigenvalue weighted by Crippen LogP contribution is 2.17. The van der Waals surface area contributed by atoms with Crippen molar-refractivity contribution in [1.29, 1.82) is 0 Å². The molecule has 0 radical (unpaired) electrons. The van der Waals surface area contributed by atoms with Gasteiger partial charge in [-0.05, 0) is 59.3 Å². The molecule has 1 aliphatic heterocycles. The molecule has 0 aromatic carbocycles. The highest BCUT2D eigenvalue weighted by Gasteiger charge is 2.38. The first-order valence-corrected chi connectivity index (χ1v) is 32.7. The van der Waals surface area contributed by atoms with Gasteiger partial charge in [-0.1, -0.05) is 129 Å². The second-order valence-electron chi connectivity index (χ2n) is 24.1. The van der Waals surface area contributed by atoms with Crippen LogP contribution >= 0.6 is 0 Å². The van der Waals surface area contributed by atoms with Gasteiger partial charge in [0, 0.05) is 19.4 Å². The second kappa shape index (κ2) is 46.9. The number of aliphatic hydroxyl groups is 5. The topological polar surface area (TPSA) is 521 Å². The van der Waals surface area contributed by atoms with Gasteiger partial charge in [-0.2, -0.15) is 0 Å². The van der Waals surface area contributed by atoms with E-state index in [0.29, 0.717) is 44.9 Å². The van der Waals surface area contributed by atoms with Crippen LogP contribution in [0.3, 0.4) is 0 Å². The van der Waals surface area contributed by atoms with Gasteiger partial charge < -0.3 is 95.9 Å². The molecule has 7 unspecified atom stereocenters. The average molecular weight is 1310 g/mol. The van der Waals surface area contributed by atoms with Crippen LogP contribution in [0.15, 0.2) is 0 Å². The van der Waals surface area contributed by atoms with Gasteiger partial charge in [0.1, 0.15) is 54.4 Å². The van der Waals surface area contributed by atoms with Crippen molar-refractivity contribution in [2.24, 2.45) is 17.2 Å². The number of amides is 13. The Balaban J connectivity index is 3.76. The fourth-order valence-electron chi connectivity index (χ4n) is 10.1. The van der Waals surface area contributed by atoms with Gasteiger partial charge in [0.05, 0.1) is 43.8 Å². The van der Waals surface area contributed by atoms with Gasteiger partial charge >= 0.3 is 0 Å². The van der Waals surface area contributed by atoms with Crippen LogP contribution in [-0.4, -0.2) is 194 Å². The smallest absolute Gasteiger partial charge is 0.246 e. The van der Waals surface area contributed by atoms with Crippen molar-refractivity contribution < 1.29 is 87.9 Å². The maximum absolute atomic E-state index is 14.1. The van der Waals surface area contributed by atoms with E-state index in [1.54, 1.807) is 0 Å². The molecular formula is C61H109N13O18. The summed E-state index contributed by atoms with van der Waals surface area (Å²) in [6.45, 7) is 6.36. The van der Waals surface area contributed by atoms with Crippen molar-refractivity contribution in [3.05, 3.63) is 0 Å². The van der Waals surface area contributed by atoms with Crippen LogP contribution in [0, 0.1) is 0 Å². The van der Waals surface area contributed by atoms with Crippen molar-refractivity contribution >= 4 is 76.8 Å². The van der Waals surface area contributed by atoms with Gasteiger partial charge in [0.2, 0.25) is 76.8 Å². The van der Waals surface area contributed by atoms with Gasteiger partial charge in [-0.25, -0.2) is 0 Å². The van der Waals surface area contributed by atoms with Crippen LogP contribution in [-0.2, 0) is 62.3 Å². The van der Waals surface area contributed by atoms with Crippen LogP contribution in [0.4, 0.5) is 0 Å². The number of rotatable bonds is 35. The number of primary amides is 3. The lowest BCUT2D eigenvalue weighted by molar-refractivity contribution is -0.139. The maximum atomic E-state index is 14.1. The Labute approximate surface area is 539 Å². The maximum Gasteiger partial charge on any atom is 0.246 e. The van der Waals surface area contributed by atoms with E-state index in [2.05, 4.69) is 67.0 Å². The molecule has 13 amide bonds. The van der Waals surface area contributed by atoms with Crippen LogP contribution in [0.5, 0.6) is 0 Å². The molecule has 0 bridgehead atoms. The van der Waals surface area contributed by atoms with Crippen LogP contribution in [0.2, 0.25) is 0 Å². The first-order chi connectivity index (χ1) is 43.5. The Morgan fingerprint density at radius 1 is 0.424 bits per heavy atom. The summed E-state index contributed by atoms with van der Waals surface area (Å²) in [5.41, 5.74) is 16.1. The van der Waals surface area contributed by atoms with Crippen molar-refractivity contribution in [3.63, 3.8) is 0 Å². The number of carbonyl (C=O) groups excluding carboxylic acids is 13. The Morgan fingerprint density at radius 3 is 1.30 bits per heavy atom. The standard InChI is InChI=1S/C61H109N13O18/c1-6-8-10-12-13-14-15-17-22-26-40(78)28-29-42-55(86)66-35-50(83)65-31-30-49(82)68-41(27-23-19-16-18-21-25-39(77)24-20-11-9-7-2)56(87)71-45(34-48(63)81)58(89)72-44(33-47(62)80)57(88)67-36(3)54(85)70-43(32-46(79)53(64)84)59(90)73-52(38(5)76)61(92)74-51(37(4)75)60(91)69-42/h36-46,51-52,75-79H,6-35H2,1-5H3,(H2,62,80)(H2,63,81)(H2,64,84)(H,65,83)(H,66,86)(H,67,88)(H,68,82)(H,69,91)(H,70,85)(H,71,87)(H,72,89)(H,73,90)(H,74,92)/t36-,37-,38-,39?,40?,41?,42?,43?,44+,45?,46?,51+,52-/m1/s1. The molecule has 526 valence electrons. The van der Waals surface area contributed by atoms with Crippen molar-refractivity contribution in [2.75, 3.05) is 13.1 Å². The molecule has 0 saturated carbocycles. The van der Waals surface area contributed by atoms with E-state index in [1.807, 2.05) is 0 Å². The lowest BCUT2D eigenvalue weighted by Gasteiger charge is -2.29. The summed E-state index contributed by atoms with van der Waals surface area (Å²) in [4.78, 5) is 175. The molecule has 0 aromatic rings. The molecule has 1 rings (SSSR count). The minimum absolute atomic E-state index is 0.0168. The predicted molar refractivity (Wildman–Crippen MR) is 337 cm³/mol. The number of hydrogen-bond acceptors (Lipinski definition) is 18. The fraction of sp³-hybridized carbons (Fsp3) is 0.787. The van der Waals surface area contributed by atoms with Crippen LogP contribution < -0.4 is 70.4 Å². The summed E-state index contributed by atoms with van der Waals surface area (Å²) >= 11 is 0. The minimum atomic E-state index is -2.15. The van der Waals surface area contributed by atoms with Crippen molar-refractivity contribution in [3.8, 4) is 0 Å². The molecular weight excluding hydrogens is 1200 g/mol. The number of unbranched alkanes of at least 4 members (excludes halogenated alkanes) is 15. The van der Waals surface area contributed by atoms with Gasteiger partial charge in [-0.3, -0.25) is 62.3 Å². The molecule has 31 nitrogen and oxygen atoms in total. The van der Waals surface area contributed by atoms with Crippen molar-refractivity contribution in [1.82, 2.24) is 53.2 Å². The summed E-state index contributed by atoms with van der Waals surface area (Å²) in [6.07, 6.45) is 7.57. The number of nitrogens with two attached hydrogens (primary N) is 3. The highest BCUT2D eigenvalue weighted by molar-refractivity contribution is 6.00. The Morgan fingerprint density at radius 2 is 0.815 bits per heavy atom. The van der Waals surface area contributed by atoms with Crippen molar-refractivity contribution in [2.45, 2.75) is 293 Å². The van der Waals surface area contributed by atoms with E-state index in [1.165, 1.54) is 12.8 Å². The van der Waals surface area contributed by atoms with E-state index in [-0.39, 0.29) is 25.8 Å². The molecule has 92 heavy (non-hydrogen) atoms. The van der Waals surface area contributed by atoms with E-state index < -0.39 is 188 Å². The third kappa shape index (κ3) is 36.2. The third-order valence-electron chi connectivity index (χ3n) is 15.6. The Kier molecular flexibility index (Phi) is 42.3. The molecule has 21 N–H and O–H groups in total. The molecule has 1 heterocycles. The zero-order valence-corrected chi connectivity index (χ0v) is 54.5. The molecule has 0 aliphatic carbocycles. The Bertz CT molecular complexity index is 2350. The fourth-order valence-corrected chi connectivity index (χ4v) is 10.1. The number of nitrogens with one attached hydrogen (secondary N) is 10. The van der Waals surface area contributed by atoms with E-state index in [4.69, 9.17) is 17.2 Å². The molecule has 1 saturated heterocycles. The number of aliphatic hydroxyl groups excluding tert-OH is 5. The van der Waals surface area contributed by atoms with E-state index >= 15 is 0 Å². The summed E-state index contributed by atoms with van der Waals surface area (Å²) in [7, 11) is 0.